The molecule has 9 aromatic rings. The van der Waals surface area contributed by atoms with Gasteiger partial charge in [0.05, 0.1) is 11.4 Å². The van der Waals surface area contributed by atoms with Gasteiger partial charge in [-0.3, -0.25) is 0 Å². The van der Waals surface area contributed by atoms with Gasteiger partial charge in [-0.15, -0.1) is 0 Å². The lowest BCUT2D eigenvalue weighted by molar-refractivity contribution is 0.660. The van der Waals surface area contributed by atoms with Crippen LogP contribution in [0.1, 0.15) is 49.9 Å². The zero-order valence-electron chi connectivity index (χ0n) is 34.0. The molecule has 0 saturated carbocycles. The minimum atomic E-state index is -0.0988. The molecule has 0 unspecified atom stereocenters. The summed E-state index contributed by atoms with van der Waals surface area (Å²) in [5, 5.41) is 2.51. The monoisotopic (exact) mass is 755 g/mol. The molecule has 59 heavy (non-hydrogen) atoms. The van der Waals surface area contributed by atoms with E-state index in [2.05, 4.69) is 233 Å². The lowest BCUT2D eigenvalue weighted by atomic mass is 9.81. The minimum absolute atomic E-state index is 0.0956. The first-order chi connectivity index (χ1) is 28.8. The molecule has 0 radical (unpaired) electrons. The molecule has 0 bridgehead atoms. The van der Waals surface area contributed by atoms with Crippen LogP contribution >= 0.6 is 0 Å². The summed E-state index contributed by atoms with van der Waals surface area (Å²) in [6.45, 7) is 9.46. The van der Waals surface area contributed by atoms with Crippen molar-refractivity contribution in [1.82, 2.24) is 0 Å². The maximum Gasteiger partial charge on any atom is 0.0540 e. The van der Waals surface area contributed by atoms with Gasteiger partial charge in [-0.05, 0) is 108 Å². The standard InChI is InChI=1S/C58H45N/c1-57(2)51-27-12-8-23-49(51)56-48(25-16-28-52(56)57)47-22-10-14-30-55(47)59(41-34-31-39(32-35-41)43-24-15-18-38-17-5-6-19-42(38)43)54-29-13-9-20-44(54)40-33-36-46-45-21-7-11-26-50(45)58(3,4)53(46)37-40/h5-37H,1-4H3. The molecule has 0 saturated heterocycles. The fraction of sp³-hybridized carbons (Fsp3) is 0.103. The Morgan fingerprint density at radius 2 is 0.814 bits per heavy atom. The topological polar surface area (TPSA) is 3.24 Å². The molecule has 11 rings (SSSR count). The molecule has 0 aliphatic heterocycles. The first-order valence-corrected chi connectivity index (χ1v) is 20.9. The van der Waals surface area contributed by atoms with E-state index in [1.54, 1.807) is 0 Å². The predicted molar refractivity (Wildman–Crippen MR) is 250 cm³/mol. The highest BCUT2D eigenvalue weighted by molar-refractivity contribution is 6.01. The van der Waals surface area contributed by atoms with Crippen LogP contribution in [0.15, 0.2) is 200 Å². The van der Waals surface area contributed by atoms with Crippen LogP contribution in [0, 0.1) is 0 Å². The van der Waals surface area contributed by atoms with Gasteiger partial charge in [0, 0.05) is 27.6 Å². The van der Waals surface area contributed by atoms with Crippen LogP contribution in [0.4, 0.5) is 17.1 Å². The van der Waals surface area contributed by atoms with Gasteiger partial charge in [-0.25, -0.2) is 0 Å². The zero-order valence-corrected chi connectivity index (χ0v) is 34.0. The van der Waals surface area contributed by atoms with Gasteiger partial charge in [-0.1, -0.05) is 198 Å². The van der Waals surface area contributed by atoms with Gasteiger partial charge in [0.1, 0.15) is 0 Å². The number of anilines is 3. The predicted octanol–water partition coefficient (Wildman–Crippen LogP) is 15.9. The molecule has 0 fully saturated rings. The number of hydrogen-bond acceptors (Lipinski definition) is 1. The van der Waals surface area contributed by atoms with Crippen LogP contribution in [0.3, 0.4) is 0 Å². The van der Waals surface area contributed by atoms with Gasteiger partial charge >= 0.3 is 0 Å². The second-order valence-electron chi connectivity index (χ2n) is 17.3. The first-order valence-electron chi connectivity index (χ1n) is 20.9. The average Bonchev–Trinajstić information content (AvgIpc) is 3.66. The summed E-state index contributed by atoms with van der Waals surface area (Å²) < 4.78 is 0. The van der Waals surface area contributed by atoms with Crippen molar-refractivity contribution in [3.05, 3.63) is 222 Å². The Balaban J connectivity index is 1.13. The first kappa shape index (κ1) is 35.2. The maximum atomic E-state index is 2.50. The summed E-state index contributed by atoms with van der Waals surface area (Å²) >= 11 is 0. The second-order valence-corrected chi connectivity index (χ2v) is 17.3. The number of hydrogen-bond donors (Lipinski definition) is 0. The Kier molecular flexibility index (Phi) is 7.94. The summed E-state index contributed by atoms with van der Waals surface area (Å²) in [5.41, 5.74) is 21.4. The van der Waals surface area contributed by atoms with Gasteiger partial charge in [0.25, 0.3) is 0 Å². The Hall–Kier alpha value is -6.96. The number of benzene rings is 9. The van der Waals surface area contributed by atoms with Crippen LogP contribution in [0.25, 0.3) is 66.4 Å². The highest BCUT2D eigenvalue weighted by atomic mass is 15.1. The van der Waals surface area contributed by atoms with Crippen LogP contribution < -0.4 is 4.90 Å². The Morgan fingerprint density at radius 3 is 1.59 bits per heavy atom. The van der Waals surface area contributed by atoms with Crippen molar-refractivity contribution in [2.45, 2.75) is 38.5 Å². The van der Waals surface area contributed by atoms with Crippen LogP contribution in [-0.2, 0) is 10.8 Å². The fourth-order valence-corrected chi connectivity index (χ4v) is 10.3. The van der Waals surface area contributed by atoms with Crippen LogP contribution in [-0.4, -0.2) is 0 Å². The number of para-hydroxylation sites is 2. The van der Waals surface area contributed by atoms with E-state index in [0.717, 1.165) is 17.1 Å². The van der Waals surface area contributed by atoms with Crippen molar-refractivity contribution >= 4 is 27.8 Å². The van der Waals surface area contributed by atoms with Gasteiger partial charge < -0.3 is 4.90 Å². The fourth-order valence-electron chi connectivity index (χ4n) is 10.3. The van der Waals surface area contributed by atoms with E-state index in [1.165, 1.54) is 88.7 Å². The summed E-state index contributed by atoms with van der Waals surface area (Å²) in [4.78, 5) is 2.50. The molecule has 1 nitrogen and oxygen atoms in total. The minimum Gasteiger partial charge on any atom is -0.309 e. The number of rotatable bonds is 6. The molecule has 0 spiro atoms. The molecule has 0 heterocycles. The SMILES string of the molecule is CC1(C)c2ccccc2-c2ccc(-c3ccccc3N(c3ccc(-c4cccc5ccccc45)cc3)c3ccccc3-c3cccc4c3-c3ccccc3C4(C)C)cc21. The van der Waals surface area contributed by atoms with Crippen molar-refractivity contribution in [1.29, 1.82) is 0 Å². The molecule has 2 aliphatic rings. The van der Waals surface area contributed by atoms with Crippen LogP contribution in [0.2, 0.25) is 0 Å². The van der Waals surface area contributed by atoms with Gasteiger partial charge in [0.2, 0.25) is 0 Å². The van der Waals surface area contributed by atoms with E-state index in [0.29, 0.717) is 0 Å². The highest BCUT2D eigenvalue weighted by Crippen LogP contribution is 2.55. The Labute approximate surface area is 347 Å². The number of fused-ring (bicyclic) bond motifs is 7. The summed E-state index contributed by atoms with van der Waals surface area (Å²) in [6.07, 6.45) is 0. The van der Waals surface area contributed by atoms with Crippen LogP contribution in [0.5, 0.6) is 0 Å². The van der Waals surface area contributed by atoms with Gasteiger partial charge in [0.15, 0.2) is 0 Å². The molecule has 9 aromatic carbocycles. The molecular weight excluding hydrogens is 711 g/mol. The van der Waals surface area contributed by atoms with E-state index in [9.17, 15) is 0 Å². The summed E-state index contributed by atoms with van der Waals surface area (Å²) in [6, 6.07) is 74.3. The van der Waals surface area contributed by atoms with Crippen molar-refractivity contribution in [3.63, 3.8) is 0 Å². The molecular formula is C58H45N. The highest BCUT2D eigenvalue weighted by Gasteiger charge is 2.38. The summed E-state index contributed by atoms with van der Waals surface area (Å²) in [7, 11) is 0. The normalized spacial score (nSPS) is 14.0. The quantitative estimate of drug-likeness (QED) is 0.163. The van der Waals surface area contributed by atoms with E-state index in [1.807, 2.05) is 0 Å². The smallest absolute Gasteiger partial charge is 0.0540 e. The Morgan fingerprint density at radius 1 is 0.322 bits per heavy atom. The van der Waals surface area contributed by atoms with Crippen molar-refractivity contribution in [2.24, 2.45) is 0 Å². The van der Waals surface area contributed by atoms with Gasteiger partial charge in [-0.2, -0.15) is 0 Å². The molecule has 0 atom stereocenters. The second kappa shape index (κ2) is 13.3. The lowest BCUT2D eigenvalue weighted by Crippen LogP contribution is -2.15. The molecule has 0 aromatic heterocycles. The molecule has 282 valence electrons. The molecule has 0 amide bonds. The molecule has 2 aliphatic carbocycles. The molecule has 0 N–H and O–H groups in total. The summed E-state index contributed by atoms with van der Waals surface area (Å²) in [5.74, 6) is 0. The van der Waals surface area contributed by atoms with E-state index in [-0.39, 0.29) is 10.8 Å². The largest absolute Gasteiger partial charge is 0.309 e. The van der Waals surface area contributed by atoms with Crippen molar-refractivity contribution in [2.75, 3.05) is 4.90 Å². The van der Waals surface area contributed by atoms with E-state index in [4.69, 9.17) is 0 Å². The maximum absolute atomic E-state index is 2.50. The van der Waals surface area contributed by atoms with Crippen molar-refractivity contribution < 1.29 is 0 Å². The third-order valence-electron chi connectivity index (χ3n) is 13.3. The zero-order chi connectivity index (χ0) is 39.9. The Bertz CT molecular complexity index is 3100. The third-order valence-corrected chi connectivity index (χ3v) is 13.3. The van der Waals surface area contributed by atoms with Crippen molar-refractivity contribution in [3.8, 4) is 55.6 Å². The molecule has 1 heteroatoms. The average molecular weight is 756 g/mol. The van der Waals surface area contributed by atoms with E-state index < -0.39 is 0 Å². The van der Waals surface area contributed by atoms with E-state index >= 15 is 0 Å². The lowest BCUT2D eigenvalue weighted by Gasteiger charge is -2.31. The third kappa shape index (κ3) is 5.38. The number of nitrogens with zero attached hydrogens (tertiary/aromatic N) is 1.